The molecule has 0 N–H and O–H groups in total. The lowest BCUT2D eigenvalue weighted by Gasteiger charge is -2.20. The maximum absolute atomic E-state index is 13.8. The van der Waals surface area contributed by atoms with E-state index in [0.717, 1.165) is 5.56 Å². The molecule has 0 aliphatic carbocycles. The lowest BCUT2D eigenvalue weighted by molar-refractivity contribution is 0.101. The van der Waals surface area contributed by atoms with E-state index >= 15 is 0 Å². The molecular formula is C20H18FN5O2. The van der Waals surface area contributed by atoms with E-state index in [4.69, 9.17) is 9.47 Å². The van der Waals surface area contributed by atoms with Crippen LogP contribution in [0, 0.1) is 24.1 Å². The number of benzene rings is 1. The number of aromatic nitrogens is 4. The Morgan fingerprint density at radius 3 is 2.93 bits per heavy atom. The SMILES string of the molecule is Cc1ncc2nc1OC(C)c1cc(F)ccc1COCc1nn(C)c(C#N)c1-2. The van der Waals surface area contributed by atoms with Crippen LogP contribution in [-0.2, 0) is 25.0 Å². The molecule has 0 spiro atoms. The zero-order valence-electron chi connectivity index (χ0n) is 15.7. The molecule has 4 rings (SSSR count). The highest BCUT2D eigenvalue weighted by Crippen LogP contribution is 2.32. The highest BCUT2D eigenvalue weighted by atomic mass is 19.1. The molecule has 1 aliphatic rings. The summed E-state index contributed by atoms with van der Waals surface area (Å²) in [6, 6.07) is 6.69. The Bertz CT molecular complexity index is 1100. The van der Waals surface area contributed by atoms with Crippen molar-refractivity contribution in [2.75, 3.05) is 0 Å². The van der Waals surface area contributed by atoms with Gasteiger partial charge in [0.2, 0.25) is 5.88 Å². The summed E-state index contributed by atoms with van der Waals surface area (Å²) in [6.07, 6.45) is 1.13. The van der Waals surface area contributed by atoms with Crippen LogP contribution in [0.4, 0.5) is 4.39 Å². The van der Waals surface area contributed by atoms with Crippen molar-refractivity contribution in [2.24, 2.45) is 7.05 Å². The molecule has 0 fully saturated rings. The van der Waals surface area contributed by atoms with Crippen LogP contribution in [0.25, 0.3) is 11.3 Å². The van der Waals surface area contributed by atoms with Gasteiger partial charge in [0.1, 0.15) is 23.7 Å². The average molecular weight is 379 g/mol. The van der Waals surface area contributed by atoms with Crippen LogP contribution < -0.4 is 4.74 Å². The summed E-state index contributed by atoms with van der Waals surface area (Å²) in [5.74, 6) is -0.0103. The first-order valence-electron chi connectivity index (χ1n) is 8.80. The molecule has 1 unspecified atom stereocenters. The number of nitrogens with zero attached hydrogens (tertiary/aromatic N) is 5. The maximum atomic E-state index is 13.8. The molecule has 3 heterocycles. The van der Waals surface area contributed by atoms with Gasteiger partial charge in [0.25, 0.3) is 0 Å². The second-order valence-corrected chi connectivity index (χ2v) is 6.65. The van der Waals surface area contributed by atoms with Gasteiger partial charge in [-0.3, -0.25) is 9.67 Å². The summed E-state index contributed by atoms with van der Waals surface area (Å²) in [7, 11) is 1.70. The maximum Gasteiger partial charge on any atom is 0.236 e. The van der Waals surface area contributed by atoms with Crippen LogP contribution in [0.3, 0.4) is 0 Å². The van der Waals surface area contributed by atoms with E-state index in [1.165, 1.54) is 16.8 Å². The van der Waals surface area contributed by atoms with Crippen LogP contribution in [0.1, 0.15) is 41.2 Å². The summed E-state index contributed by atoms with van der Waals surface area (Å²) in [4.78, 5) is 8.95. The van der Waals surface area contributed by atoms with E-state index in [0.29, 0.717) is 39.8 Å². The van der Waals surface area contributed by atoms with Gasteiger partial charge < -0.3 is 9.47 Å². The van der Waals surface area contributed by atoms with E-state index in [1.807, 2.05) is 6.92 Å². The third-order valence-electron chi connectivity index (χ3n) is 4.72. The second-order valence-electron chi connectivity index (χ2n) is 6.65. The van der Waals surface area contributed by atoms with Gasteiger partial charge in [-0.05, 0) is 31.5 Å². The standard InChI is InChI=1S/C20H18FN5O2/c1-11-20-24-16(8-23-11)19-17(25-26(3)18(19)7-22)10-27-9-13-4-5-14(21)6-15(13)12(2)28-20/h4-6,8,12H,9-10H2,1-3H3. The lowest BCUT2D eigenvalue weighted by Crippen LogP contribution is -2.11. The number of fused-ring (bicyclic) bond motifs is 5. The first kappa shape index (κ1) is 18.1. The number of aryl methyl sites for hydroxylation is 2. The summed E-state index contributed by atoms with van der Waals surface area (Å²) >= 11 is 0. The van der Waals surface area contributed by atoms with Crippen LogP contribution in [-0.4, -0.2) is 19.7 Å². The Morgan fingerprint density at radius 1 is 1.32 bits per heavy atom. The van der Waals surface area contributed by atoms with Crippen LogP contribution in [0.15, 0.2) is 24.4 Å². The molecule has 142 valence electrons. The Labute approximate surface area is 161 Å². The predicted octanol–water partition coefficient (Wildman–Crippen LogP) is 3.37. The fourth-order valence-corrected chi connectivity index (χ4v) is 3.31. The highest BCUT2D eigenvalue weighted by Gasteiger charge is 2.23. The molecule has 1 aliphatic heterocycles. The summed E-state index contributed by atoms with van der Waals surface area (Å²) in [5.41, 5.74) is 4.12. The normalized spacial score (nSPS) is 16.0. The number of rotatable bonds is 0. The van der Waals surface area contributed by atoms with Gasteiger partial charge in [0.05, 0.1) is 42.1 Å². The molecule has 1 aromatic carbocycles. The van der Waals surface area contributed by atoms with Crippen molar-refractivity contribution in [2.45, 2.75) is 33.2 Å². The minimum atomic E-state index is -0.458. The topological polar surface area (TPSA) is 85.9 Å². The molecule has 2 aromatic heterocycles. The van der Waals surface area contributed by atoms with E-state index in [-0.39, 0.29) is 19.0 Å². The number of ether oxygens (including phenoxy) is 2. The molecule has 28 heavy (non-hydrogen) atoms. The zero-order valence-corrected chi connectivity index (χ0v) is 15.7. The lowest BCUT2D eigenvalue weighted by atomic mass is 10.0. The van der Waals surface area contributed by atoms with Gasteiger partial charge in [0.15, 0.2) is 0 Å². The van der Waals surface area contributed by atoms with Gasteiger partial charge in [-0.2, -0.15) is 10.4 Å². The van der Waals surface area contributed by atoms with Crippen molar-refractivity contribution in [1.29, 1.82) is 5.26 Å². The van der Waals surface area contributed by atoms with E-state index < -0.39 is 6.10 Å². The molecule has 8 heteroatoms. The van der Waals surface area contributed by atoms with Crippen molar-refractivity contribution in [1.82, 2.24) is 19.7 Å². The largest absolute Gasteiger partial charge is 0.468 e. The number of hydrogen-bond donors (Lipinski definition) is 0. The van der Waals surface area contributed by atoms with Crippen molar-refractivity contribution in [3.8, 4) is 23.2 Å². The Hall–Kier alpha value is -3.31. The van der Waals surface area contributed by atoms with Crippen molar-refractivity contribution < 1.29 is 13.9 Å². The molecular weight excluding hydrogens is 361 g/mol. The molecule has 0 radical (unpaired) electrons. The van der Waals surface area contributed by atoms with E-state index in [2.05, 4.69) is 21.1 Å². The minimum Gasteiger partial charge on any atom is -0.468 e. The second kappa shape index (κ2) is 7.02. The first-order chi connectivity index (χ1) is 13.5. The summed E-state index contributed by atoms with van der Waals surface area (Å²) in [6.45, 7) is 4.06. The molecule has 0 amide bonds. The Balaban J connectivity index is 1.90. The fraction of sp³-hybridized carbons (Fsp3) is 0.300. The molecule has 2 bridgehead atoms. The van der Waals surface area contributed by atoms with Crippen LogP contribution in [0.2, 0.25) is 0 Å². The number of nitriles is 1. The van der Waals surface area contributed by atoms with E-state index in [9.17, 15) is 9.65 Å². The van der Waals surface area contributed by atoms with Gasteiger partial charge in [-0.1, -0.05) is 6.07 Å². The molecule has 1 atom stereocenters. The molecule has 0 saturated carbocycles. The molecule has 7 nitrogen and oxygen atoms in total. The van der Waals surface area contributed by atoms with Crippen molar-refractivity contribution >= 4 is 0 Å². The van der Waals surface area contributed by atoms with Crippen molar-refractivity contribution in [3.63, 3.8) is 0 Å². The minimum absolute atomic E-state index is 0.182. The quantitative estimate of drug-likeness (QED) is 0.595. The number of hydrogen-bond acceptors (Lipinski definition) is 6. The highest BCUT2D eigenvalue weighted by molar-refractivity contribution is 5.68. The monoisotopic (exact) mass is 379 g/mol. The fourth-order valence-electron chi connectivity index (χ4n) is 3.31. The third kappa shape index (κ3) is 3.10. The van der Waals surface area contributed by atoms with E-state index in [1.54, 1.807) is 26.2 Å². The smallest absolute Gasteiger partial charge is 0.236 e. The first-order valence-corrected chi connectivity index (χ1v) is 8.80. The van der Waals surface area contributed by atoms with Gasteiger partial charge in [-0.15, -0.1) is 0 Å². The summed E-state index contributed by atoms with van der Waals surface area (Å²) < 4.78 is 27.2. The van der Waals surface area contributed by atoms with Crippen molar-refractivity contribution in [3.05, 3.63) is 58.4 Å². The zero-order chi connectivity index (χ0) is 19.8. The Kier molecular flexibility index (Phi) is 4.53. The summed E-state index contributed by atoms with van der Waals surface area (Å²) in [5, 5.41) is 14.0. The van der Waals surface area contributed by atoms with Crippen LogP contribution in [0.5, 0.6) is 5.88 Å². The molecule has 3 aromatic rings. The third-order valence-corrected chi connectivity index (χ3v) is 4.72. The van der Waals surface area contributed by atoms with Crippen LogP contribution >= 0.6 is 0 Å². The molecule has 0 saturated heterocycles. The predicted molar refractivity (Wildman–Crippen MR) is 97.6 cm³/mol. The van der Waals surface area contributed by atoms with Gasteiger partial charge in [0, 0.05) is 12.6 Å². The van der Waals surface area contributed by atoms with Gasteiger partial charge >= 0.3 is 0 Å². The Morgan fingerprint density at radius 2 is 2.14 bits per heavy atom. The average Bonchev–Trinajstić information content (AvgIpc) is 2.99. The number of halogens is 1. The van der Waals surface area contributed by atoms with Gasteiger partial charge in [-0.25, -0.2) is 9.37 Å².